The number of ether oxygens (including phenoxy) is 1. The van der Waals surface area contributed by atoms with Crippen LogP contribution in [0.3, 0.4) is 0 Å². The van der Waals surface area contributed by atoms with E-state index in [1.165, 1.54) is 11.1 Å². The van der Waals surface area contributed by atoms with Crippen LogP contribution in [0.2, 0.25) is 10.1 Å². The number of aliphatic hydroxyl groups excluding tert-OH is 1. The number of aliphatic hydroxyl groups is 1. The molecule has 1 amide bonds. The van der Waals surface area contributed by atoms with Crippen LogP contribution in [0.4, 0.5) is 5.69 Å². The summed E-state index contributed by atoms with van der Waals surface area (Å²) in [5, 5.41) is 13.3. The Hall–Kier alpha value is -3.93. The van der Waals surface area contributed by atoms with Crippen molar-refractivity contribution < 1.29 is 27.5 Å². The van der Waals surface area contributed by atoms with E-state index in [-0.39, 0.29) is 40.7 Å². The van der Waals surface area contributed by atoms with E-state index in [1.807, 2.05) is 67.6 Å². The van der Waals surface area contributed by atoms with Gasteiger partial charge in [0, 0.05) is 35.2 Å². The molecule has 8 rings (SSSR count). The Morgan fingerprint density at radius 1 is 0.983 bits per heavy atom. The minimum absolute atomic E-state index is 0.0704. The van der Waals surface area contributed by atoms with Crippen molar-refractivity contribution in [3.63, 3.8) is 0 Å². The molecule has 2 bridgehead atoms. The van der Waals surface area contributed by atoms with Crippen LogP contribution < -0.4 is 24.7 Å². The van der Waals surface area contributed by atoms with Gasteiger partial charge in [-0.1, -0.05) is 111 Å². The second-order valence-electron chi connectivity index (χ2n) is 18.7. The second kappa shape index (κ2) is 17.1. The Labute approximate surface area is 362 Å². The van der Waals surface area contributed by atoms with Gasteiger partial charge in [0.15, 0.2) is 0 Å². The van der Waals surface area contributed by atoms with Crippen LogP contribution in [0, 0.1) is 11.8 Å². The van der Waals surface area contributed by atoms with Crippen molar-refractivity contribution in [3.05, 3.63) is 131 Å². The molecule has 2 aliphatic carbocycles. The smallest absolute Gasteiger partial charge is 0.264 e. The van der Waals surface area contributed by atoms with Gasteiger partial charge in [0.25, 0.3) is 14.2 Å². The van der Waals surface area contributed by atoms with Crippen LogP contribution >= 0.6 is 11.6 Å². The molecule has 60 heavy (non-hydrogen) atoms. The number of nitrogens with zero attached hydrogens (tertiary/aromatic N) is 1. The number of nitrogens with one attached hydrogen (secondary N) is 1. The number of benzene rings is 4. The summed E-state index contributed by atoms with van der Waals surface area (Å²) in [5.41, 5.74) is 3.21. The highest BCUT2D eigenvalue weighted by Gasteiger charge is 2.51. The van der Waals surface area contributed by atoms with Crippen LogP contribution in [0.1, 0.15) is 94.1 Å². The Bertz CT molecular complexity index is 2280. The van der Waals surface area contributed by atoms with Gasteiger partial charge in [0.2, 0.25) is 10.0 Å². The van der Waals surface area contributed by atoms with Gasteiger partial charge in [-0.3, -0.25) is 4.79 Å². The lowest BCUT2D eigenvalue weighted by Crippen LogP contribution is -2.67. The maximum absolute atomic E-state index is 14.5. The largest absolute Gasteiger partial charge is 0.490 e. The minimum Gasteiger partial charge on any atom is -0.490 e. The van der Waals surface area contributed by atoms with Crippen molar-refractivity contribution in [3.8, 4) is 5.75 Å². The van der Waals surface area contributed by atoms with Gasteiger partial charge in [0.1, 0.15) is 5.75 Å². The molecular formula is C49H59ClN2O6SSi. The fourth-order valence-corrected chi connectivity index (χ4v) is 17.0. The number of sulfonamides is 1. The molecule has 4 aliphatic rings. The topological polar surface area (TPSA) is 105 Å². The molecule has 1 saturated carbocycles. The zero-order valence-corrected chi connectivity index (χ0v) is 37.9. The predicted octanol–water partition coefficient (Wildman–Crippen LogP) is 8.33. The van der Waals surface area contributed by atoms with Crippen LogP contribution in [0.5, 0.6) is 5.75 Å². The highest BCUT2D eigenvalue weighted by molar-refractivity contribution is 7.90. The van der Waals surface area contributed by atoms with Gasteiger partial charge in [-0.15, -0.1) is 0 Å². The van der Waals surface area contributed by atoms with E-state index >= 15 is 0 Å². The summed E-state index contributed by atoms with van der Waals surface area (Å²) in [5.74, 6) is 0.302. The average molecular weight is 868 g/mol. The molecule has 2 aliphatic heterocycles. The van der Waals surface area contributed by atoms with Crippen molar-refractivity contribution in [2.75, 3.05) is 24.6 Å². The van der Waals surface area contributed by atoms with Crippen molar-refractivity contribution >= 4 is 51.9 Å². The summed E-state index contributed by atoms with van der Waals surface area (Å²) < 4.78 is 45.5. The number of hydrogen-bond acceptors (Lipinski definition) is 7. The third-order valence-corrected chi connectivity index (χ3v) is 20.9. The fourth-order valence-electron chi connectivity index (χ4n) is 10.6. The van der Waals surface area contributed by atoms with E-state index in [0.29, 0.717) is 31.9 Å². The molecule has 2 heterocycles. The van der Waals surface area contributed by atoms with E-state index in [4.69, 9.17) is 20.8 Å². The molecule has 318 valence electrons. The van der Waals surface area contributed by atoms with E-state index in [2.05, 4.69) is 66.8 Å². The van der Waals surface area contributed by atoms with Gasteiger partial charge in [-0.25, -0.2) is 13.1 Å². The van der Waals surface area contributed by atoms with E-state index < -0.39 is 41.7 Å². The Morgan fingerprint density at radius 3 is 2.37 bits per heavy atom. The summed E-state index contributed by atoms with van der Waals surface area (Å²) >= 11 is 6.48. The van der Waals surface area contributed by atoms with Crippen LogP contribution in [0.25, 0.3) is 0 Å². The van der Waals surface area contributed by atoms with Crippen LogP contribution in [0.15, 0.2) is 109 Å². The van der Waals surface area contributed by atoms with Gasteiger partial charge in [-0.05, 0) is 127 Å². The number of rotatable bonds is 6. The third kappa shape index (κ3) is 8.35. The molecule has 0 radical (unpaired) electrons. The van der Waals surface area contributed by atoms with Crippen molar-refractivity contribution in [1.29, 1.82) is 0 Å². The first-order valence-corrected chi connectivity index (χ1v) is 25.5. The van der Waals surface area contributed by atoms with E-state index in [9.17, 15) is 18.3 Å². The number of allylic oxidation sites excluding steroid dienone is 1. The monoisotopic (exact) mass is 866 g/mol. The van der Waals surface area contributed by atoms with Crippen molar-refractivity contribution in [2.24, 2.45) is 11.8 Å². The van der Waals surface area contributed by atoms with Crippen molar-refractivity contribution in [2.45, 2.75) is 107 Å². The zero-order valence-electron chi connectivity index (χ0n) is 35.3. The Balaban J connectivity index is 1.12. The molecule has 0 aromatic heterocycles. The number of amides is 1. The quantitative estimate of drug-likeness (QED) is 0.148. The summed E-state index contributed by atoms with van der Waals surface area (Å²) in [6, 6.07) is 32.1. The molecule has 6 atom stereocenters. The van der Waals surface area contributed by atoms with E-state index in [0.717, 1.165) is 53.2 Å². The Morgan fingerprint density at radius 2 is 1.70 bits per heavy atom. The molecule has 0 saturated heterocycles. The lowest BCUT2D eigenvalue weighted by atomic mass is 9.68. The highest BCUT2D eigenvalue weighted by Crippen LogP contribution is 2.47. The molecule has 4 aromatic carbocycles. The zero-order chi connectivity index (χ0) is 42.3. The molecular weight excluding hydrogens is 808 g/mol. The highest BCUT2D eigenvalue weighted by atomic mass is 35.5. The third-order valence-electron chi connectivity index (χ3n) is 13.7. The fraction of sp³-hybridized carbons (Fsp3) is 0.449. The van der Waals surface area contributed by atoms with Gasteiger partial charge in [0.05, 0.1) is 23.6 Å². The van der Waals surface area contributed by atoms with Gasteiger partial charge >= 0.3 is 0 Å². The summed E-state index contributed by atoms with van der Waals surface area (Å²) in [7, 11) is -7.20. The number of hydrogen-bond donors (Lipinski definition) is 2. The second-order valence-corrected chi connectivity index (χ2v) is 25.4. The van der Waals surface area contributed by atoms with Crippen LogP contribution in [-0.2, 0) is 26.3 Å². The van der Waals surface area contributed by atoms with Gasteiger partial charge < -0.3 is 19.2 Å². The number of anilines is 1. The summed E-state index contributed by atoms with van der Waals surface area (Å²) in [6.45, 7) is 10.4. The molecule has 0 unspecified atom stereocenters. The number of halogens is 1. The maximum Gasteiger partial charge on any atom is 0.264 e. The number of fused-ring (bicyclic) bond motifs is 4. The van der Waals surface area contributed by atoms with Crippen molar-refractivity contribution in [1.82, 2.24) is 4.72 Å². The molecule has 4 aromatic rings. The SMILES string of the molecule is C[C@@H](C[C@@H]1CC/C=C\[C@H](O)[C@@H]2CC[C@H]2CN2C[C@@]3(CCCc4cc(Cl)ccc43)COc3ccc(cc32)C(=O)NS1(=O)=O)O[Si](c1ccccc1)(c1ccccc1)C(C)(C)C. The maximum atomic E-state index is 14.5. The average Bonchev–Trinajstić information content (AvgIpc) is 3.35. The molecule has 1 fully saturated rings. The predicted molar refractivity (Wildman–Crippen MR) is 244 cm³/mol. The number of aryl methyl sites for hydroxylation is 1. The molecule has 2 N–H and O–H groups in total. The number of carbonyl (C=O) groups excluding carboxylic acids is 1. The first-order chi connectivity index (χ1) is 28.7. The molecule has 8 nitrogen and oxygen atoms in total. The molecule has 1 spiro atoms. The van der Waals surface area contributed by atoms with Gasteiger partial charge in [-0.2, -0.15) is 0 Å². The first kappa shape index (κ1) is 42.7. The van der Waals surface area contributed by atoms with E-state index in [1.54, 1.807) is 12.1 Å². The molecule has 11 heteroatoms. The summed E-state index contributed by atoms with van der Waals surface area (Å²) in [4.78, 5) is 16.5. The van der Waals surface area contributed by atoms with Crippen LogP contribution in [-0.4, -0.2) is 64.9 Å². The Kier molecular flexibility index (Phi) is 12.2. The lowest BCUT2D eigenvalue weighted by molar-refractivity contribution is 0.0456. The minimum atomic E-state index is -4.20. The first-order valence-electron chi connectivity index (χ1n) is 21.7. The normalized spacial score (nSPS) is 26.6. The summed E-state index contributed by atoms with van der Waals surface area (Å²) in [6.07, 6.45) is 8.32. The standard InChI is InChI=1S/C49H59ClN2O6SSi/c1-34(58-60(48(2,3)4,40-16-7-5-8-17-40)41-18-9-6-10-19-41)28-39-15-11-12-20-45(53)42-24-21-37(42)31-52-32-49(27-13-14-35-29-38(50)23-25-43(35)49)33-57-46-26-22-36(30-44(46)52)47(54)51-59(39,55)56/h5-10,12,16-20,22-23,25-26,29-30,34,37,39,42,45,53H,11,13-15,21,24,27-28,31-33H2,1-4H3,(H,51,54)/b20-12-/t34-,37-,39-,42+,45-,49-/m0/s1. The number of carbonyl (C=O) groups is 1. The lowest BCUT2D eigenvalue weighted by Gasteiger charge is -2.45.